The quantitative estimate of drug-likeness (QED) is 0.00405. The molecule has 4 heterocycles. The van der Waals surface area contributed by atoms with Gasteiger partial charge in [-0.15, -0.1) is 17.7 Å². The third-order valence-electron chi connectivity index (χ3n) is 20.1. The third kappa shape index (κ3) is 36.1. The van der Waals surface area contributed by atoms with Crippen LogP contribution < -0.4 is 60.1 Å². The van der Waals surface area contributed by atoms with Crippen LogP contribution in [0.3, 0.4) is 0 Å². The first-order chi connectivity index (χ1) is 57.6. The van der Waals surface area contributed by atoms with Crippen LogP contribution in [0.15, 0.2) is 234 Å². The SMILES string of the molecule is CCCCCCc1ccc(-c2ccc(C3=NC(=O)c4c(-c5ccc(-c6ccc(CCCCCC)cc6)cc5)[nH]c(O)c43)cc2)cc1.CCCCCCc1ccc(N)cc1.CCCCCCc1ccc([N+]#N)cc1.CCCCCCc1ccc([N+]#N)cc1.Cl.O=C1N=C(c2ccc(Cl)cc2)c2c(O)[nH]c(-c3ccc(Cl)cc3)c21.O=N[O-].O=S(=O)(O)O.[Cl-].[Cl-].[Na+]. The Bertz CT molecular complexity index is 5170. The van der Waals surface area contributed by atoms with E-state index in [0.717, 1.165) is 75.7 Å². The van der Waals surface area contributed by atoms with Gasteiger partial charge in [-0.05, 0) is 162 Å². The Hall–Kier alpha value is -9.82. The summed E-state index contributed by atoms with van der Waals surface area (Å²) in [6.07, 6.45) is 31.5. The molecule has 20 nitrogen and oxygen atoms in total. The molecule has 0 spiro atoms. The molecule has 123 heavy (non-hydrogen) atoms. The van der Waals surface area contributed by atoms with Crippen LogP contribution in [0, 0.1) is 20.9 Å². The molecule has 2 amide bonds. The number of nitrogens with one attached hydrogen (secondary N) is 2. The second-order valence-electron chi connectivity index (χ2n) is 29.1. The summed E-state index contributed by atoms with van der Waals surface area (Å²) in [5, 5.41) is 48.5. The number of unbranched alkanes of at least 4 members (excludes halogenated alkanes) is 15. The van der Waals surface area contributed by atoms with Crippen LogP contribution >= 0.6 is 35.6 Å². The number of rotatable bonds is 31. The van der Waals surface area contributed by atoms with E-state index in [-0.39, 0.29) is 84.4 Å². The van der Waals surface area contributed by atoms with Crippen LogP contribution in [-0.4, -0.2) is 60.9 Å². The fourth-order valence-electron chi connectivity index (χ4n) is 13.7. The molecule has 0 saturated carbocycles. The maximum Gasteiger partial charge on any atom is 1.00 e. The Labute approximate surface area is 774 Å². The van der Waals surface area contributed by atoms with Crippen molar-refractivity contribution in [3.8, 4) is 56.5 Å². The third-order valence-corrected chi connectivity index (χ3v) is 20.6. The van der Waals surface area contributed by atoms with E-state index in [0.29, 0.717) is 72.0 Å². The molecule has 0 aliphatic carbocycles. The first kappa shape index (κ1) is 107. The van der Waals surface area contributed by atoms with E-state index in [1.807, 2.05) is 84.9 Å². The molecule has 646 valence electrons. The van der Waals surface area contributed by atoms with Crippen LogP contribution in [0.4, 0.5) is 17.1 Å². The Morgan fingerprint density at radius 2 is 0.593 bits per heavy atom. The summed E-state index contributed by atoms with van der Waals surface area (Å²) in [6, 6.07) is 71.5. The Balaban J connectivity index is 0.000000425. The van der Waals surface area contributed by atoms with Crippen molar-refractivity contribution in [2.75, 3.05) is 5.73 Å². The Kier molecular flexibility index (Phi) is 50.9. The number of halogens is 5. The zero-order valence-corrected chi connectivity index (χ0v) is 77.4. The van der Waals surface area contributed by atoms with E-state index >= 15 is 0 Å². The van der Waals surface area contributed by atoms with E-state index in [4.69, 9.17) is 67.4 Å². The molecule has 0 radical (unpaired) electrons. The number of aryl methyl sites for hydroxylation is 5. The van der Waals surface area contributed by atoms with Crippen molar-refractivity contribution in [1.82, 2.24) is 9.97 Å². The molecule has 27 heteroatoms. The van der Waals surface area contributed by atoms with Crippen molar-refractivity contribution >= 4 is 86.3 Å². The molecule has 0 bridgehead atoms. The number of aromatic amines is 2. The standard InChI is InChI=1S/C42H44N2O2.C18H10Cl2N2O2.2C12H17N2.C12H19N.3ClH.HNO2.Na.H2O4S/c1-3-5-7-9-11-29-13-17-31(18-14-29)33-21-25-35(26-22-33)39-37-38(42(46)43-39)40(44-41(37)45)36-27-23-34(24-28-36)32-19-15-30(16-20-32)12-10-8-6-4-2;19-11-5-1-9(2-6-11)15-13-14(18(24)21-15)16(22-17(13)23)10-3-7-12(20)8-4-10;2*1-2-3-4-5-6-11-7-9-12(14-13)10-8-11;1-2-3-4-5-6-11-7-9-12(13)10-8-11;;;;2-1-3;;1-5(2,3)4/h13-28,43,46H,3-12H2,1-2H3;1-8,21,24H;2*7-10H,2-6H2,1H3;7-10H,2-6,13H2,1H3;3*1H;(H,2,3);;(H2,1,2,3,4)/q;;2*+1;;;;;;+1;/p-3. The Morgan fingerprint density at radius 3 is 0.846 bits per heavy atom. The van der Waals surface area contributed by atoms with Crippen LogP contribution in [0.5, 0.6) is 11.8 Å². The number of aromatic hydroxyl groups is 2. The minimum absolute atomic E-state index is 0. The average molecular weight is 1800 g/mol. The van der Waals surface area contributed by atoms with E-state index in [2.05, 4.69) is 149 Å². The monoisotopic (exact) mass is 1790 g/mol. The predicted molar refractivity (Wildman–Crippen MR) is 493 cm³/mol. The van der Waals surface area contributed by atoms with Gasteiger partial charge < -0.3 is 60.8 Å². The number of H-pyrrole nitrogens is 2. The summed E-state index contributed by atoms with van der Waals surface area (Å²) in [6.45, 7) is 11.2. The number of diazo groups is 2. The second-order valence-corrected chi connectivity index (χ2v) is 30.9. The molecule has 9 aromatic carbocycles. The first-order valence-electron chi connectivity index (χ1n) is 41.0. The van der Waals surface area contributed by atoms with Crippen molar-refractivity contribution in [2.24, 2.45) is 15.3 Å². The molecule has 11 aromatic rings. The first-order valence-corrected chi connectivity index (χ1v) is 43.2. The molecule has 2 aromatic heterocycles. The van der Waals surface area contributed by atoms with E-state index in [1.54, 1.807) is 48.5 Å². The fraction of sp³-hybridized carbons (Fsp3) is 0.312. The number of amides is 2. The summed E-state index contributed by atoms with van der Waals surface area (Å²) in [7, 11) is -4.67. The van der Waals surface area contributed by atoms with Crippen LogP contribution in [-0.2, 0) is 42.5 Å². The van der Waals surface area contributed by atoms with Crippen LogP contribution in [0.1, 0.15) is 234 Å². The normalized spacial score (nSPS) is 11.0. The molecule has 0 fully saturated rings. The molecular weight excluding hydrogens is 1690 g/mol. The number of carbonyl (C=O) groups is 2. The Morgan fingerprint density at radius 1 is 0.382 bits per heavy atom. The zero-order chi connectivity index (χ0) is 85.9. The van der Waals surface area contributed by atoms with Gasteiger partial charge in [0.1, 0.15) is 0 Å². The number of benzene rings is 9. The van der Waals surface area contributed by atoms with Gasteiger partial charge in [0.25, 0.3) is 11.8 Å². The van der Waals surface area contributed by atoms with Gasteiger partial charge in [0.05, 0.1) is 45.1 Å². The smallest absolute Gasteiger partial charge is 1.00 e. The molecule has 2 aliphatic heterocycles. The topological polar surface area (TPSA) is 340 Å². The van der Waals surface area contributed by atoms with Gasteiger partial charge in [-0.3, -0.25) is 18.7 Å². The van der Waals surface area contributed by atoms with Crippen LogP contribution in [0.2, 0.25) is 10.0 Å². The summed E-state index contributed by atoms with van der Waals surface area (Å²) < 4.78 is 31.6. The predicted octanol–water partition coefficient (Wildman–Crippen LogP) is 18.7. The number of nitrogen functional groups attached to an aromatic ring is 1. The molecule has 0 atom stereocenters. The largest absolute Gasteiger partial charge is 1.00 e. The van der Waals surface area contributed by atoms with Gasteiger partial charge in [-0.2, -0.15) is 8.42 Å². The zero-order valence-electron chi connectivity index (χ0n) is 70.7. The van der Waals surface area contributed by atoms with Gasteiger partial charge >= 0.3 is 51.3 Å². The molecule has 8 N–H and O–H groups in total. The maximum absolute atomic E-state index is 13.2. The van der Waals surface area contributed by atoms with Gasteiger partial charge in [0, 0.05) is 51.1 Å². The van der Waals surface area contributed by atoms with E-state index in [9.17, 15) is 19.8 Å². The summed E-state index contributed by atoms with van der Waals surface area (Å²) in [5.74, 6) is -0.855. The number of aliphatic imine (C=N–C) groups is 2. The summed E-state index contributed by atoms with van der Waals surface area (Å²) in [5.41, 5.74) is 25.9. The number of anilines is 1. The number of fused-ring (bicyclic) bond motifs is 2. The average Bonchev–Trinajstić information content (AvgIpc) is 1.60. The number of nitrogens with zero attached hydrogens (tertiary/aromatic N) is 7. The minimum atomic E-state index is -4.67. The fourth-order valence-corrected chi connectivity index (χ4v) is 13.9. The maximum atomic E-state index is 13.2. The van der Waals surface area contributed by atoms with Crippen molar-refractivity contribution < 1.29 is 91.7 Å². The molecule has 0 unspecified atom stereocenters. The van der Waals surface area contributed by atoms with Crippen molar-refractivity contribution in [2.45, 2.75) is 195 Å². The minimum Gasteiger partial charge on any atom is -1.00 e. The summed E-state index contributed by atoms with van der Waals surface area (Å²) in [4.78, 5) is 54.3. The van der Waals surface area contributed by atoms with Gasteiger partial charge in [-0.1, -0.05) is 312 Å². The van der Waals surface area contributed by atoms with E-state index < -0.39 is 16.3 Å². The van der Waals surface area contributed by atoms with Gasteiger partial charge in [0.15, 0.2) is 21.7 Å². The van der Waals surface area contributed by atoms with Crippen molar-refractivity contribution in [1.29, 1.82) is 10.8 Å². The number of carbonyl (C=O) groups excluding carboxylic acids is 2. The molecule has 0 saturated heterocycles. The number of aromatic nitrogens is 2. The van der Waals surface area contributed by atoms with Gasteiger partial charge in [0.2, 0.25) is 10.8 Å². The molecule has 2 aliphatic rings. The molecule has 13 rings (SSSR count). The second kappa shape index (κ2) is 58.3. The van der Waals surface area contributed by atoms with E-state index in [1.165, 1.54) is 163 Å². The van der Waals surface area contributed by atoms with Crippen molar-refractivity contribution in [3.05, 3.63) is 310 Å². The molecular formula is C96H110Cl5N10NaO10S. The number of hydrogen-bond donors (Lipinski definition) is 7. The van der Waals surface area contributed by atoms with Gasteiger partial charge in [-0.25, -0.2) is 9.98 Å². The van der Waals surface area contributed by atoms with Crippen molar-refractivity contribution in [3.63, 3.8) is 0 Å². The number of hydrogen-bond acceptors (Lipinski definition) is 12. The van der Waals surface area contributed by atoms with Crippen LogP contribution in [0.25, 0.3) is 54.7 Å². The summed E-state index contributed by atoms with van der Waals surface area (Å²) >= 11 is 11.8. The number of nitrogens with two attached hydrogens (primary N) is 1.